The fraction of sp³-hybridized carbons (Fsp3) is 0.310. The van der Waals surface area contributed by atoms with Gasteiger partial charge in [0.05, 0.1) is 33.1 Å². The number of nitrogens with zero attached hydrogens (tertiary/aromatic N) is 5. The summed E-state index contributed by atoms with van der Waals surface area (Å²) in [5.41, 5.74) is 2.17. The summed E-state index contributed by atoms with van der Waals surface area (Å²) in [6.07, 6.45) is 4.46. The highest BCUT2D eigenvalue weighted by Gasteiger charge is 2.35. The SMILES string of the molecule is CNc1cc(F)c(F)c2c1[nH]c1ncc(-c3cnc4c(c3)c(=O)c(C(=O)O)cn4C)c(N3C[C@H](C)[C@@H](N(C)C)C3)c12. The Morgan fingerprint density at radius 1 is 1.17 bits per heavy atom. The smallest absolute Gasteiger partial charge is 0.341 e. The second-order valence-electron chi connectivity index (χ2n) is 10.9. The topological polar surface area (TPSA) is 119 Å². The van der Waals surface area contributed by atoms with Crippen molar-refractivity contribution in [1.29, 1.82) is 0 Å². The number of H-pyrrole nitrogens is 1. The van der Waals surface area contributed by atoms with Gasteiger partial charge in [-0.25, -0.2) is 23.5 Å². The molecule has 0 aliphatic carbocycles. The molecule has 0 amide bonds. The Labute approximate surface area is 233 Å². The van der Waals surface area contributed by atoms with Crippen LogP contribution in [0.1, 0.15) is 17.3 Å². The van der Waals surface area contributed by atoms with Crippen LogP contribution in [0.3, 0.4) is 0 Å². The first-order valence-electron chi connectivity index (χ1n) is 13.2. The number of aromatic amines is 1. The number of likely N-dealkylation sites (N-methyl/N-ethyl adjacent to an activating group) is 1. The van der Waals surface area contributed by atoms with Gasteiger partial charge < -0.3 is 29.8 Å². The van der Waals surface area contributed by atoms with Crippen molar-refractivity contribution in [3.8, 4) is 11.1 Å². The first-order chi connectivity index (χ1) is 19.5. The molecule has 0 saturated carbocycles. The molecule has 10 nitrogen and oxygen atoms in total. The Balaban J connectivity index is 1.71. The number of aryl methyl sites for hydroxylation is 1. The van der Waals surface area contributed by atoms with Gasteiger partial charge >= 0.3 is 5.97 Å². The molecule has 6 rings (SSSR count). The Kier molecular flexibility index (Phi) is 6.18. The molecule has 1 aliphatic heterocycles. The predicted octanol–water partition coefficient (Wildman–Crippen LogP) is 4.03. The summed E-state index contributed by atoms with van der Waals surface area (Å²) in [4.78, 5) is 41.4. The third-order valence-electron chi connectivity index (χ3n) is 8.14. The quantitative estimate of drug-likeness (QED) is 0.294. The third-order valence-corrected chi connectivity index (χ3v) is 8.14. The number of nitrogens with one attached hydrogen (secondary N) is 2. The number of hydrogen-bond donors (Lipinski definition) is 3. The summed E-state index contributed by atoms with van der Waals surface area (Å²) in [7, 11) is 7.27. The average Bonchev–Trinajstić information content (AvgIpc) is 3.52. The number of pyridine rings is 3. The zero-order valence-corrected chi connectivity index (χ0v) is 23.2. The van der Waals surface area contributed by atoms with E-state index in [1.165, 1.54) is 10.8 Å². The van der Waals surface area contributed by atoms with E-state index < -0.39 is 23.0 Å². The van der Waals surface area contributed by atoms with Crippen LogP contribution >= 0.6 is 0 Å². The van der Waals surface area contributed by atoms with E-state index in [-0.39, 0.29) is 28.3 Å². The van der Waals surface area contributed by atoms with Crippen molar-refractivity contribution in [1.82, 2.24) is 24.4 Å². The number of carboxylic acid groups (broad SMARTS) is 1. The van der Waals surface area contributed by atoms with E-state index >= 15 is 4.39 Å². The summed E-state index contributed by atoms with van der Waals surface area (Å²) in [5.74, 6) is -3.05. The monoisotopic (exact) mass is 561 g/mol. The van der Waals surface area contributed by atoms with E-state index in [0.717, 1.165) is 6.07 Å². The van der Waals surface area contributed by atoms with E-state index in [0.29, 0.717) is 57.8 Å². The molecule has 1 fully saturated rings. The lowest BCUT2D eigenvalue weighted by Crippen LogP contribution is -2.34. The molecule has 12 heteroatoms. The van der Waals surface area contributed by atoms with Gasteiger partial charge in [-0.15, -0.1) is 0 Å². The van der Waals surface area contributed by atoms with Gasteiger partial charge in [0.1, 0.15) is 16.9 Å². The van der Waals surface area contributed by atoms with Gasteiger partial charge in [0.2, 0.25) is 5.43 Å². The number of rotatable bonds is 5. The number of anilines is 2. The molecule has 1 aliphatic rings. The van der Waals surface area contributed by atoms with E-state index in [1.807, 2.05) is 14.1 Å². The van der Waals surface area contributed by atoms with Gasteiger partial charge in [-0.2, -0.15) is 0 Å². The van der Waals surface area contributed by atoms with Crippen LogP contribution in [0.4, 0.5) is 20.2 Å². The van der Waals surface area contributed by atoms with Gasteiger partial charge in [-0.05, 0) is 26.1 Å². The van der Waals surface area contributed by atoms with Crippen LogP contribution < -0.4 is 15.6 Å². The molecule has 0 spiro atoms. The molecule has 0 bridgehead atoms. The van der Waals surface area contributed by atoms with Crippen molar-refractivity contribution in [2.24, 2.45) is 13.0 Å². The van der Waals surface area contributed by atoms with Crippen LogP contribution in [0.25, 0.3) is 44.1 Å². The largest absolute Gasteiger partial charge is 0.477 e. The lowest BCUT2D eigenvalue weighted by atomic mass is 10.0. The first-order valence-corrected chi connectivity index (χ1v) is 13.2. The number of fused-ring (bicyclic) bond motifs is 4. The van der Waals surface area contributed by atoms with Crippen molar-refractivity contribution in [2.75, 3.05) is 44.4 Å². The van der Waals surface area contributed by atoms with Crippen molar-refractivity contribution in [3.05, 3.63) is 58.1 Å². The van der Waals surface area contributed by atoms with Crippen molar-refractivity contribution in [3.63, 3.8) is 0 Å². The maximum absolute atomic E-state index is 15.6. The summed E-state index contributed by atoms with van der Waals surface area (Å²) < 4.78 is 31.9. The Bertz CT molecular complexity index is 1950. The molecular formula is C29H29F2N7O3. The molecule has 41 heavy (non-hydrogen) atoms. The Morgan fingerprint density at radius 2 is 1.93 bits per heavy atom. The molecular weight excluding hydrogens is 532 g/mol. The maximum Gasteiger partial charge on any atom is 0.341 e. The highest BCUT2D eigenvalue weighted by Crippen LogP contribution is 2.44. The Hall–Kier alpha value is -4.58. The standard InChI is InChI=1S/C29H29F2N7O3/c1-13-10-38(12-20(13)36(3)4)25-16(14-6-15-26(39)17(29(40)41)11-37(5)28(15)34-8-14)9-33-27-22(25)21-23(31)18(30)7-19(32-2)24(21)35-27/h6-9,11,13,20,32H,10,12H2,1-5H3,(H,33,35)(H,40,41)/t13-,20-/m0/s1. The van der Waals surface area contributed by atoms with Crippen LogP contribution in [0.2, 0.25) is 0 Å². The number of aromatic nitrogens is 4. The minimum atomic E-state index is -1.33. The fourth-order valence-electron chi connectivity index (χ4n) is 6.15. The zero-order chi connectivity index (χ0) is 29.3. The van der Waals surface area contributed by atoms with Gasteiger partial charge in [0, 0.05) is 69.0 Å². The van der Waals surface area contributed by atoms with Gasteiger partial charge in [-0.3, -0.25) is 4.79 Å². The van der Waals surface area contributed by atoms with Crippen molar-refractivity contribution < 1.29 is 18.7 Å². The number of benzene rings is 1. The highest BCUT2D eigenvalue weighted by molar-refractivity contribution is 6.18. The number of halogens is 2. The molecule has 5 aromatic rings. The minimum absolute atomic E-state index is 0.0764. The lowest BCUT2D eigenvalue weighted by molar-refractivity contribution is 0.0695. The van der Waals surface area contributed by atoms with E-state index in [2.05, 4.69) is 37.0 Å². The molecule has 3 N–H and O–H groups in total. The molecule has 0 radical (unpaired) electrons. The predicted molar refractivity (Wildman–Crippen MR) is 155 cm³/mol. The highest BCUT2D eigenvalue weighted by atomic mass is 19.2. The van der Waals surface area contributed by atoms with E-state index in [1.54, 1.807) is 32.6 Å². The fourth-order valence-corrected chi connectivity index (χ4v) is 6.15. The van der Waals surface area contributed by atoms with Crippen LogP contribution in [0.5, 0.6) is 0 Å². The summed E-state index contributed by atoms with van der Waals surface area (Å²) in [6.45, 7) is 3.41. The van der Waals surface area contributed by atoms with E-state index in [9.17, 15) is 19.1 Å². The van der Waals surface area contributed by atoms with Crippen LogP contribution in [0, 0.1) is 17.6 Å². The van der Waals surface area contributed by atoms with Crippen LogP contribution in [-0.4, -0.2) is 75.8 Å². The molecule has 4 aromatic heterocycles. The number of carboxylic acids is 1. The lowest BCUT2D eigenvalue weighted by Gasteiger charge is -2.25. The zero-order valence-electron chi connectivity index (χ0n) is 23.2. The second kappa shape index (κ2) is 9.51. The molecule has 5 heterocycles. The van der Waals surface area contributed by atoms with Crippen LogP contribution in [0.15, 0.2) is 35.5 Å². The van der Waals surface area contributed by atoms with Crippen molar-refractivity contribution in [2.45, 2.75) is 13.0 Å². The minimum Gasteiger partial charge on any atom is -0.477 e. The Morgan fingerprint density at radius 3 is 2.59 bits per heavy atom. The molecule has 2 atom stereocenters. The van der Waals surface area contributed by atoms with Gasteiger partial charge in [0.15, 0.2) is 11.6 Å². The summed E-state index contributed by atoms with van der Waals surface area (Å²) in [5, 5.41) is 13.1. The average molecular weight is 562 g/mol. The molecule has 1 saturated heterocycles. The van der Waals surface area contributed by atoms with E-state index in [4.69, 9.17) is 0 Å². The van der Waals surface area contributed by atoms with Gasteiger partial charge in [-0.1, -0.05) is 6.92 Å². The number of carbonyl (C=O) groups is 1. The van der Waals surface area contributed by atoms with Crippen LogP contribution in [-0.2, 0) is 7.05 Å². The van der Waals surface area contributed by atoms with Gasteiger partial charge in [0.25, 0.3) is 0 Å². The summed E-state index contributed by atoms with van der Waals surface area (Å²) in [6, 6.07) is 2.90. The number of aromatic carboxylic acids is 1. The molecule has 0 unspecified atom stereocenters. The van der Waals surface area contributed by atoms with Crippen molar-refractivity contribution >= 4 is 50.3 Å². The normalized spacial score (nSPS) is 17.4. The first kappa shape index (κ1) is 26.6. The maximum atomic E-state index is 15.6. The summed E-state index contributed by atoms with van der Waals surface area (Å²) >= 11 is 0. The third kappa shape index (κ3) is 4.00. The molecule has 212 valence electrons. The number of hydrogen-bond acceptors (Lipinski definition) is 7. The second-order valence-corrected chi connectivity index (χ2v) is 10.9. The molecule has 1 aromatic carbocycles.